The van der Waals surface area contributed by atoms with Crippen LogP contribution in [0.3, 0.4) is 0 Å². The maximum absolute atomic E-state index is 9.42. The number of allylic oxidation sites excluding steroid dienone is 1. The molecule has 0 aromatic heterocycles. The first kappa shape index (κ1) is 12.7. The first-order valence-corrected chi connectivity index (χ1v) is 5.10. The van der Waals surface area contributed by atoms with Crippen LogP contribution in [0.15, 0.2) is 12.2 Å². The highest BCUT2D eigenvalue weighted by Gasteiger charge is 2.15. The molecule has 0 saturated heterocycles. The predicted molar refractivity (Wildman–Crippen MR) is 55.6 cm³/mol. The van der Waals surface area contributed by atoms with Gasteiger partial charge in [0.25, 0.3) is 0 Å². The van der Waals surface area contributed by atoms with E-state index < -0.39 is 5.60 Å². The van der Waals surface area contributed by atoms with Gasteiger partial charge < -0.3 is 10.2 Å². The summed E-state index contributed by atoms with van der Waals surface area (Å²) < 4.78 is 0. The smallest absolute Gasteiger partial charge is 0.0883 e. The topological polar surface area (TPSA) is 40.5 Å². The van der Waals surface area contributed by atoms with Gasteiger partial charge in [0, 0.05) is 0 Å². The van der Waals surface area contributed by atoms with Crippen molar-refractivity contribution in [2.75, 3.05) is 6.61 Å². The highest BCUT2D eigenvalue weighted by molar-refractivity contribution is 4.88. The summed E-state index contributed by atoms with van der Waals surface area (Å²) >= 11 is 0. The lowest BCUT2D eigenvalue weighted by Crippen LogP contribution is -2.27. The zero-order valence-corrected chi connectivity index (χ0v) is 8.79. The van der Waals surface area contributed by atoms with E-state index in [1.807, 2.05) is 6.08 Å². The summed E-state index contributed by atoms with van der Waals surface area (Å²) in [6.45, 7) is 3.65. The van der Waals surface area contributed by atoms with E-state index >= 15 is 0 Å². The van der Waals surface area contributed by atoms with Crippen LogP contribution in [-0.2, 0) is 0 Å². The fraction of sp³-hybridized carbons (Fsp3) is 0.818. The van der Waals surface area contributed by atoms with Gasteiger partial charge in [-0.2, -0.15) is 0 Å². The molecule has 0 aliphatic rings. The molecular formula is C11H22O2. The van der Waals surface area contributed by atoms with Crippen LogP contribution in [0.1, 0.15) is 46.0 Å². The van der Waals surface area contributed by atoms with Crippen LogP contribution in [0, 0.1) is 0 Å². The Balaban J connectivity index is 3.40. The normalized spacial score (nSPS) is 16.3. The first-order valence-electron chi connectivity index (χ1n) is 5.10. The maximum atomic E-state index is 9.42. The average molecular weight is 186 g/mol. The van der Waals surface area contributed by atoms with E-state index in [1.54, 1.807) is 6.92 Å². The summed E-state index contributed by atoms with van der Waals surface area (Å²) in [7, 11) is 0. The summed E-state index contributed by atoms with van der Waals surface area (Å²) in [4.78, 5) is 0. The number of rotatable bonds is 7. The van der Waals surface area contributed by atoms with Crippen LogP contribution in [0.25, 0.3) is 0 Å². The van der Waals surface area contributed by atoms with Crippen molar-refractivity contribution in [3.05, 3.63) is 12.2 Å². The van der Waals surface area contributed by atoms with E-state index in [4.69, 9.17) is 5.11 Å². The lowest BCUT2D eigenvalue weighted by atomic mass is 10.0. The molecule has 78 valence electrons. The molecule has 0 spiro atoms. The lowest BCUT2D eigenvalue weighted by Gasteiger charge is -2.17. The molecule has 0 amide bonds. The predicted octanol–water partition coefficient (Wildman–Crippen LogP) is 2.26. The van der Waals surface area contributed by atoms with Crippen molar-refractivity contribution in [3.8, 4) is 0 Å². The van der Waals surface area contributed by atoms with Gasteiger partial charge in [0.05, 0.1) is 12.2 Å². The van der Waals surface area contributed by atoms with Crippen molar-refractivity contribution < 1.29 is 10.2 Å². The molecule has 0 aromatic rings. The molecule has 1 unspecified atom stereocenters. The van der Waals surface area contributed by atoms with Crippen molar-refractivity contribution >= 4 is 0 Å². The minimum Gasteiger partial charge on any atom is -0.393 e. The quantitative estimate of drug-likeness (QED) is 0.473. The van der Waals surface area contributed by atoms with Gasteiger partial charge >= 0.3 is 0 Å². The molecule has 0 radical (unpaired) electrons. The molecule has 13 heavy (non-hydrogen) atoms. The molecule has 0 aromatic carbocycles. The third-order valence-electron chi connectivity index (χ3n) is 2.04. The van der Waals surface area contributed by atoms with Crippen LogP contribution in [0.5, 0.6) is 0 Å². The minimum absolute atomic E-state index is 0.174. The largest absolute Gasteiger partial charge is 0.393 e. The average Bonchev–Trinajstić information content (AvgIpc) is 2.11. The Morgan fingerprint density at radius 2 is 1.92 bits per heavy atom. The van der Waals surface area contributed by atoms with Gasteiger partial charge in [-0.15, -0.1) is 0 Å². The van der Waals surface area contributed by atoms with Crippen LogP contribution in [0.2, 0.25) is 0 Å². The molecule has 0 aliphatic heterocycles. The molecule has 0 heterocycles. The highest BCUT2D eigenvalue weighted by atomic mass is 16.3. The van der Waals surface area contributed by atoms with Crippen molar-refractivity contribution in [3.63, 3.8) is 0 Å². The fourth-order valence-electron chi connectivity index (χ4n) is 1.03. The van der Waals surface area contributed by atoms with Crippen molar-refractivity contribution in [1.82, 2.24) is 0 Å². The molecule has 0 aliphatic carbocycles. The summed E-state index contributed by atoms with van der Waals surface area (Å²) in [6.07, 6.45) is 9.37. The summed E-state index contributed by atoms with van der Waals surface area (Å²) in [5, 5.41) is 18.2. The molecule has 0 rings (SSSR count). The maximum Gasteiger partial charge on any atom is 0.0883 e. The van der Waals surface area contributed by atoms with Crippen molar-refractivity contribution in [2.45, 2.75) is 51.6 Å². The lowest BCUT2D eigenvalue weighted by molar-refractivity contribution is 0.00447. The van der Waals surface area contributed by atoms with Crippen LogP contribution >= 0.6 is 0 Å². The van der Waals surface area contributed by atoms with Gasteiger partial charge in [-0.05, 0) is 26.2 Å². The monoisotopic (exact) mass is 186 g/mol. The second kappa shape index (κ2) is 7.10. The van der Waals surface area contributed by atoms with Gasteiger partial charge in [0.2, 0.25) is 0 Å². The van der Waals surface area contributed by atoms with Crippen LogP contribution in [0.4, 0.5) is 0 Å². The molecule has 0 fully saturated rings. The van der Waals surface area contributed by atoms with E-state index in [0.717, 1.165) is 6.42 Å². The Hall–Kier alpha value is -0.340. The zero-order chi connectivity index (χ0) is 10.2. The first-order chi connectivity index (χ1) is 6.12. The van der Waals surface area contributed by atoms with E-state index in [2.05, 4.69) is 13.0 Å². The van der Waals surface area contributed by atoms with Gasteiger partial charge in [0.1, 0.15) is 0 Å². The van der Waals surface area contributed by atoms with E-state index in [9.17, 15) is 5.11 Å². The highest BCUT2D eigenvalue weighted by Crippen LogP contribution is 2.09. The number of hydrogen-bond acceptors (Lipinski definition) is 2. The van der Waals surface area contributed by atoms with Gasteiger partial charge in [0.15, 0.2) is 0 Å². The third-order valence-corrected chi connectivity index (χ3v) is 2.04. The number of unbranched alkanes of at least 4 members (excludes halogenated alkanes) is 3. The minimum atomic E-state index is -0.943. The molecule has 2 N–H and O–H groups in total. The SMILES string of the molecule is CCCCC/C=C/CC(C)(O)CO. The van der Waals surface area contributed by atoms with E-state index in [1.165, 1.54) is 19.3 Å². The second-order valence-electron chi connectivity index (χ2n) is 3.83. The molecule has 0 saturated carbocycles. The number of aliphatic hydroxyl groups excluding tert-OH is 1. The van der Waals surface area contributed by atoms with E-state index in [-0.39, 0.29) is 6.61 Å². The van der Waals surface area contributed by atoms with Crippen molar-refractivity contribution in [1.29, 1.82) is 0 Å². The third kappa shape index (κ3) is 8.00. The zero-order valence-electron chi connectivity index (χ0n) is 8.79. The number of hydrogen-bond donors (Lipinski definition) is 2. The summed E-state index contributed by atoms with van der Waals surface area (Å²) in [6, 6.07) is 0. The molecule has 0 bridgehead atoms. The summed E-state index contributed by atoms with van der Waals surface area (Å²) in [5.41, 5.74) is -0.943. The molecular weight excluding hydrogens is 164 g/mol. The second-order valence-corrected chi connectivity index (χ2v) is 3.83. The molecule has 2 nitrogen and oxygen atoms in total. The van der Waals surface area contributed by atoms with Gasteiger partial charge in [-0.1, -0.05) is 31.9 Å². The Morgan fingerprint density at radius 3 is 2.46 bits per heavy atom. The van der Waals surface area contributed by atoms with Crippen LogP contribution in [-0.4, -0.2) is 22.4 Å². The van der Waals surface area contributed by atoms with Gasteiger partial charge in [-0.3, -0.25) is 0 Å². The summed E-state index contributed by atoms with van der Waals surface area (Å²) in [5.74, 6) is 0. The molecule has 1 atom stereocenters. The standard InChI is InChI=1S/C11H22O2/c1-3-4-5-6-7-8-9-11(2,13)10-12/h7-8,12-13H,3-6,9-10H2,1-2H3/b8-7+. The molecule has 2 heteroatoms. The van der Waals surface area contributed by atoms with Crippen LogP contribution < -0.4 is 0 Å². The van der Waals surface area contributed by atoms with Gasteiger partial charge in [-0.25, -0.2) is 0 Å². The Kier molecular flexibility index (Phi) is 6.92. The van der Waals surface area contributed by atoms with Crippen molar-refractivity contribution in [2.24, 2.45) is 0 Å². The Labute approximate surface area is 81.3 Å². The fourth-order valence-corrected chi connectivity index (χ4v) is 1.03. The number of aliphatic hydroxyl groups is 2. The Bertz CT molecular complexity index is 139. The Morgan fingerprint density at radius 1 is 1.23 bits per heavy atom. The van der Waals surface area contributed by atoms with E-state index in [0.29, 0.717) is 6.42 Å².